The molecular weight excluding hydrogens is 186 g/mol. The summed E-state index contributed by atoms with van der Waals surface area (Å²) in [6.45, 7) is 3.41. The second kappa shape index (κ2) is 5.10. The van der Waals surface area contributed by atoms with Crippen molar-refractivity contribution in [1.29, 1.82) is 0 Å². The van der Waals surface area contributed by atoms with Crippen LogP contribution in [-0.2, 0) is 6.54 Å². The van der Waals surface area contributed by atoms with Crippen molar-refractivity contribution in [2.24, 2.45) is 0 Å². The minimum atomic E-state index is 0.668. The molecule has 0 unspecified atom stereocenters. The number of hydrogen-bond donors (Lipinski definition) is 1. The van der Waals surface area contributed by atoms with E-state index in [9.17, 15) is 0 Å². The molecule has 0 amide bonds. The number of rotatable bonds is 4. The van der Waals surface area contributed by atoms with Crippen LogP contribution >= 0.6 is 11.6 Å². The van der Waals surface area contributed by atoms with Gasteiger partial charge in [0.2, 0.25) is 0 Å². The van der Waals surface area contributed by atoms with Gasteiger partial charge in [0.1, 0.15) is 5.75 Å². The van der Waals surface area contributed by atoms with Crippen LogP contribution in [0.2, 0.25) is 5.02 Å². The minimum absolute atomic E-state index is 0.668. The van der Waals surface area contributed by atoms with Crippen molar-refractivity contribution >= 4 is 11.6 Å². The van der Waals surface area contributed by atoms with Crippen LogP contribution in [0.5, 0.6) is 5.75 Å². The summed E-state index contributed by atoms with van der Waals surface area (Å²) < 4.78 is 5.31. The maximum atomic E-state index is 6.02. The Bertz CT molecular complexity index is 276. The molecule has 72 valence electrons. The van der Waals surface area contributed by atoms with Crippen molar-refractivity contribution in [2.75, 3.05) is 13.7 Å². The van der Waals surface area contributed by atoms with Gasteiger partial charge < -0.3 is 10.1 Å². The van der Waals surface area contributed by atoms with E-state index in [2.05, 4.69) is 5.32 Å². The summed E-state index contributed by atoms with van der Waals surface area (Å²) in [5, 5.41) is 3.80. The van der Waals surface area contributed by atoms with Gasteiger partial charge in [-0.25, -0.2) is 0 Å². The van der Waals surface area contributed by atoms with Crippen molar-refractivity contribution in [3.05, 3.63) is 28.8 Å². The Morgan fingerprint density at radius 2 is 2.23 bits per heavy atom. The van der Waals surface area contributed by atoms with Gasteiger partial charge in [0.05, 0.1) is 6.61 Å². The zero-order chi connectivity index (χ0) is 9.68. The van der Waals surface area contributed by atoms with Crippen LogP contribution in [-0.4, -0.2) is 13.7 Å². The molecule has 0 saturated heterocycles. The van der Waals surface area contributed by atoms with E-state index >= 15 is 0 Å². The van der Waals surface area contributed by atoms with Crippen molar-refractivity contribution < 1.29 is 4.74 Å². The normalized spacial score (nSPS) is 10.1. The van der Waals surface area contributed by atoms with E-state index in [1.165, 1.54) is 0 Å². The SMILES string of the molecule is CCOc1ccc(CNC)c(Cl)c1. The number of benzene rings is 1. The predicted octanol–water partition coefficient (Wildman–Crippen LogP) is 2.46. The Morgan fingerprint density at radius 3 is 2.77 bits per heavy atom. The first kappa shape index (κ1) is 10.4. The molecule has 0 radical (unpaired) electrons. The first-order valence-corrected chi connectivity index (χ1v) is 4.71. The van der Waals surface area contributed by atoms with E-state index in [0.717, 1.165) is 22.9 Å². The molecule has 1 aromatic rings. The van der Waals surface area contributed by atoms with Crippen LogP contribution in [0.1, 0.15) is 12.5 Å². The lowest BCUT2D eigenvalue weighted by Crippen LogP contribution is -2.05. The topological polar surface area (TPSA) is 21.3 Å². The molecule has 0 fully saturated rings. The third-order valence-electron chi connectivity index (χ3n) is 1.70. The molecule has 0 bridgehead atoms. The summed E-state index contributed by atoms with van der Waals surface area (Å²) in [7, 11) is 1.90. The zero-order valence-corrected chi connectivity index (χ0v) is 8.69. The van der Waals surface area contributed by atoms with Crippen LogP contribution in [0.4, 0.5) is 0 Å². The van der Waals surface area contributed by atoms with Crippen LogP contribution in [0.25, 0.3) is 0 Å². The molecule has 3 heteroatoms. The fourth-order valence-electron chi connectivity index (χ4n) is 1.12. The highest BCUT2D eigenvalue weighted by molar-refractivity contribution is 6.31. The molecule has 0 atom stereocenters. The van der Waals surface area contributed by atoms with Crippen LogP contribution < -0.4 is 10.1 Å². The average Bonchev–Trinajstić information content (AvgIpc) is 2.10. The molecule has 0 aliphatic carbocycles. The molecule has 0 aromatic heterocycles. The van der Waals surface area contributed by atoms with E-state index in [1.54, 1.807) is 0 Å². The number of ether oxygens (including phenoxy) is 1. The third-order valence-corrected chi connectivity index (χ3v) is 2.05. The highest BCUT2D eigenvalue weighted by atomic mass is 35.5. The van der Waals surface area contributed by atoms with Gasteiger partial charge in [-0.05, 0) is 31.7 Å². The molecule has 1 aromatic carbocycles. The maximum absolute atomic E-state index is 6.02. The largest absolute Gasteiger partial charge is 0.494 e. The van der Waals surface area contributed by atoms with E-state index < -0.39 is 0 Å². The minimum Gasteiger partial charge on any atom is -0.494 e. The van der Waals surface area contributed by atoms with Gasteiger partial charge in [-0.2, -0.15) is 0 Å². The van der Waals surface area contributed by atoms with Crippen molar-refractivity contribution in [2.45, 2.75) is 13.5 Å². The monoisotopic (exact) mass is 199 g/mol. The Kier molecular flexibility index (Phi) is 4.06. The summed E-state index contributed by atoms with van der Waals surface area (Å²) >= 11 is 6.02. The Hall–Kier alpha value is -0.730. The third kappa shape index (κ3) is 2.90. The Labute approximate surface area is 83.9 Å². The van der Waals surface area contributed by atoms with Gasteiger partial charge in [-0.15, -0.1) is 0 Å². The van der Waals surface area contributed by atoms with Crippen LogP contribution in [0, 0.1) is 0 Å². The van der Waals surface area contributed by atoms with Crippen molar-refractivity contribution in [1.82, 2.24) is 5.32 Å². The van der Waals surface area contributed by atoms with Gasteiger partial charge in [0.15, 0.2) is 0 Å². The number of nitrogens with one attached hydrogen (secondary N) is 1. The molecule has 0 aliphatic heterocycles. The summed E-state index contributed by atoms with van der Waals surface area (Å²) in [5.41, 5.74) is 1.09. The first-order chi connectivity index (χ1) is 6.27. The fraction of sp³-hybridized carbons (Fsp3) is 0.400. The van der Waals surface area contributed by atoms with Gasteiger partial charge in [0, 0.05) is 11.6 Å². The van der Waals surface area contributed by atoms with E-state index in [0.29, 0.717) is 6.61 Å². The maximum Gasteiger partial charge on any atom is 0.120 e. The molecule has 1 rings (SSSR count). The first-order valence-electron chi connectivity index (χ1n) is 4.33. The quantitative estimate of drug-likeness (QED) is 0.805. The summed E-state index contributed by atoms with van der Waals surface area (Å²) in [5.74, 6) is 0.826. The number of halogens is 1. The molecular formula is C10H14ClNO. The molecule has 0 aliphatic rings. The van der Waals surface area contributed by atoms with Crippen LogP contribution in [0.3, 0.4) is 0 Å². The lowest BCUT2D eigenvalue weighted by atomic mass is 10.2. The van der Waals surface area contributed by atoms with Crippen molar-refractivity contribution in [3.63, 3.8) is 0 Å². The van der Waals surface area contributed by atoms with Gasteiger partial charge in [-0.1, -0.05) is 17.7 Å². The highest BCUT2D eigenvalue weighted by Crippen LogP contribution is 2.22. The summed E-state index contributed by atoms with van der Waals surface area (Å²) in [6.07, 6.45) is 0. The zero-order valence-electron chi connectivity index (χ0n) is 7.93. The van der Waals surface area contributed by atoms with E-state index in [4.69, 9.17) is 16.3 Å². The standard InChI is InChI=1S/C10H14ClNO/c1-3-13-9-5-4-8(7-12-2)10(11)6-9/h4-6,12H,3,7H2,1-2H3. The van der Waals surface area contributed by atoms with Crippen LogP contribution in [0.15, 0.2) is 18.2 Å². The average molecular weight is 200 g/mol. The fourth-order valence-corrected chi connectivity index (χ4v) is 1.36. The number of hydrogen-bond acceptors (Lipinski definition) is 2. The Balaban J connectivity index is 2.79. The lowest BCUT2D eigenvalue weighted by molar-refractivity contribution is 0.340. The molecule has 0 heterocycles. The summed E-state index contributed by atoms with van der Waals surface area (Å²) in [4.78, 5) is 0. The Morgan fingerprint density at radius 1 is 1.46 bits per heavy atom. The summed E-state index contributed by atoms with van der Waals surface area (Å²) in [6, 6.07) is 5.75. The lowest BCUT2D eigenvalue weighted by Gasteiger charge is -2.06. The van der Waals surface area contributed by atoms with Crippen molar-refractivity contribution in [3.8, 4) is 5.75 Å². The second-order valence-corrected chi connectivity index (χ2v) is 3.12. The van der Waals surface area contributed by atoms with E-state index in [1.807, 2.05) is 32.2 Å². The van der Waals surface area contributed by atoms with Gasteiger partial charge >= 0.3 is 0 Å². The second-order valence-electron chi connectivity index (χ2n) is 2.72. The molecule has 13 heavy (non-hydrogen) atoms. The molecule has 1 N–H and O–H groups in total. The van der Waals surface area contributed by atoms with E-state index in [-0.39, 0.29) is 0 Å². The molecule has 0 spiro atoms. The molecule has 0 saturated carbocycles. The highest BCUT2D eigenvalue weighted by Gasteiger charge is 2.00. The predicted molar refractivity (Wildman–Crippen MR) is 55.4 cm³/mol. The smallest absolute Gasteiger partial charge is 0.120 e. The van der Waals surface area contributed by atoms with Gasteiger partial charge in [-0.3, -0.25) is 0 Å². The molecule has 2 nitrogen and oxygen atoms in total. The van der Waals surface area contributed by atoms with Gasteiger partial charge in [0.25, 0.3) is 0 Å².